The van der Waals surface area contributed by atoms with Crippen LogP contribution in [0, 0.1) is 0 Å². The molecule has 4 nitrogen and oxygen atoms in total. The van der Waals surface area contributed by atoms with Crippen LogP contribution in [0.25, 0.3) is 0 Å². The van der Waals surface area contributed by atoms with E-state index in [0.29, 0.717) is 13.2 Å². The van der Waals surface area contributed by atoms with E-state index in [4.69, 9.17) is 9.84 Å². The molecule has 0 saturated heterocycles. The summed E-state index contributed by atoms with van der Waals surface area (Å²) in [5.74, 6) is -0.844. The van der Waals surface area contributed by atoms with Crippen molar-refractivity contribution >= 4 is 5.97 Å². The summed E-state index contributed by atoms with van der Waals surface area (Å²) in [6.45, 7) is 2.77. The molecule has 1 aliphatic rings. The van der Waals surface area contributed by atoms with Crippen LogP contribution in [0.2, 0.25) is 0 Å². The predicted molar refractivity (Wildman–Crippen MR) is 59.1 cm³/mol. The fourth-order valence-corrected chi connectivity index (χ4v) is 1.89. The van der Waals surface area contributed by atoms with E-state index in [1.54, 1.807) is 6.92 Å². The molecule has 1 aromatic rings. The van der Waals surface area contributed by atoms with Gasteiger partial charge in [0.1, 0.15) is 6.04 Å². The molecule has 0 amide bonds. The number of hydrogen-bond donors (Lipinski definition) is 2. The number of rotatable bonds is 3. The lowest BCUT2D eigenvalue weighted by Crippen LogP contribution is -2.40. The summed E-state index contributed by atoms with van der Waals surface area (Å²) < 4.78 is 5.43. The maximum Gasteiger partial charge on any atom is 0.320 e. The van der Waals surface area contributed by atoms with Crippen LogP contribution in [0.5, 0.6) is 0 Å². The molecule has 16 heavy (non-hydrogen) atoms. The molecule has 2 atom stereocenters. The van der Waals surface area contributed by atoms with Crippen molar-refractivity contribution in [1.82, 2.24) is 5.32 Å². The van der Waals surface area contributed by atoms with Crippen molar-refractivity contribution in [2.45, 2.75) is 25.6 Å². The molecular formula is C12H15NO3. The molecule has 0 spiro atoms. The lowest BCUT2D eigenvalue weighted by molar-refractivity contribution is -0.139. The SMILES string of the molecule is CC(NC1COCc2ccccc21)C(=O)O. The zero-order valence-electron chi connectivity index (χ0n) is 9.14. The fourth-order valence-electron chi connectivity index (χ4n) is 1.89. The Morgan fingerprint density at radius 3 is 3.06 bits per heavy atom. The number of nitrogens with one attached hydrogen (secondary N) is 1. The van der Waals surface area contributed by atoms with Crippen molar-refractivity contribution in [3.05, 3.63) is 35.4 Å². The van der Waals surface area contributed by atoms with Gasteiger partial charge in [-0.1, -0.05) is 24.3 Å². The lowest BCUT2D eigenvalue weighted by atomic mass is 9.98. The first-order valence-electron chi connectivity index (χ1n) is 5.33. The maximum atomic E-state index is 10.8. The third kappa shape index (κ3) is 2.23. The van der Waals surface area contributed by atoms with Crippen LogP contribution < -0.4 is 5.32 Å². The average molecular weight is 221 g/mol. The highest BCUT2D eigenvalue weighted by atomic mass is 16.5. The molecule has 0 radical (unpaired) electrons. The van der Waals surface area contributed by atoms with Crippen LogP contribution in [0.4, 0.5) is 0 Å². The standard InChI is InChI=1S/C12H15NO3/c1-8(12(14)15)13-11-7-16-6-9-4-2-3-5-10(9)11/h2-5,8,11,13H,6-7H2,1H3,(H,14,15). The fraction of sp³-hybridized carbons (Fsp3) is 0.417. The summed E-state index contributed by atoms with van der Waals surface area (Å²) in [5, 5.41) is 11.9. The van der Waals surface area contributed by atoms with Gasteiger partial charge in [0.15, 0.2) is 0 Å². The number of ether oxygens (including phenoxy) is 1. The Morgan fingerprint density at radius 1 is 1.56 bits per heavy atom. The van der Waals surface area contributed by atoms with Gasteiger partial charge in [-0.2, -0.15) is 0 Å². The molecule has 1 aromatic carbocycles. The van der Waals surface area contributed by atoms with E-state index >= 15 is 0 Å². The van der Waals surface area contributed by atoms with E-state index in [0.717, 1.165) is 11.1 Å². The van der Waals surface area contributed by atoms with Crippen LogP contribution in [0.15, 0.2) is 24.3 Å². The predicted octanol–water partition coefficient (Wildman–Crippen LogP) is 1.32. The number of carboxylic acids is 1. The number of carboxylic acid groups (broad SMARTS) is 1. The molecule has 0 saturated carbocycles. The molecule has 2 N–H and O–H groups in total. The minimum atomic E-state index is -0.844. The van der Waals surface area contributed by atoms with Crippen molar-refractivity contribution in [2.24, 2.45) is 0 Å². The van der Waals surface area contributed by atoms with Gasteiger partial charge in [-0.3, -0.25) is 10.1 Å². The van der Waals surface area contributed by atoms with E-state index in [1.165, 1.54) is 0 Å². The van der Waals surface area contributed by atoms with Gasteiger partial charge in [0.2, 0.25) is 0 Å². The van der Waals surface area contributed by atoms with Crippen LogP contribution in [0.3, 0.4) is 0 Å². The van der Waals surface area contributed by atoms with Crippen LogP contribution >= 0.6 is 0 Å². The van der Waals surface area contributed by atoms with Gasteiger partial charge in [0.05, 0.1) is 19.3 Å². The Bertz CT molecular complexity index is 392. The Kier molecular flexibility index (Phi) is 3.22. The zero-order valence-corrected chi connectivity index (χ0v) is 9.14. The van der Waals surface area contributed by atoms with E-state index in [2.05, 4.69) is 5.32 Å². The molecule has 0 fully saturated rings. The molecule has 2 unspecified atom stereocenters. The first kappa shape index (κ1) is 11.1. The number of fused-ring (bicyclic) bond motifs is 1. The van der Waals surface area contributed by atoms with Gasteiger partial charge in [-0.05, 0) is 18.1 Å². The minimum Gasteiger partial charge on any atom is -0.480 e. The second-order valence-corrected chi connectivity index (χ2v) is 3.99. The molecule has 2 rings (SSSR count). The Labute approximate surface area is 94.2 Å². The first-order chi connectivity index (χ1) is 7.68. The van der Waals surface area contributed by atoms with E-state index in [1.807, 2.05) is 24.3 Å². The monoisotopic (exact) mass is 221 g/mol. The molecule has 0 aliphatic carbocycles. The summed E-state index contributed by atoms with van der Waals surface area (Å²) in [5.41, 5.74) is 2.27. The molecule has 1 heterocycles. The second-order valence-electron chi connectivity index (χ2n) is 3.99. The van der Waals surface area contributed by atoms with Crippen LogP contribution in [-0.2, 0) is 16.1 Å². The second kappa shape index (κ2) is 4.63. The van der Waals surface area contributed by atoms with Crippen molar-refractivity contribution in [1.29, 1.82) is 0 Å². The van der Waals surface area contributed by atoms with Crippen LogP contribution in [0.1, 0.15) is 24.1 Å². The zero-order chi connectivity index (χ0) is 11.5. The van der Waals surface area contributed by atoms with Crippen molar-refractivity contribution in [2.75, 3.05) is 6.61 Å². The third-order valence-electron chi connectivity index (χ3n) is 2.79. The van der Waals surface area contributed by atoms with Gasteiger partial charge < -0.3 is 9.84 Å². The highest BCUT2D eigenvalue weighted by Gasteiger charge is 2.23. The summed E-state index contributed by atoms with van der Waals surface area (Å²) in [6, 6.07) is 7.35. The number of benzene rings is 1. The van der Waals surface area contributed by atoms with E-state index in [9.17, 15) is 4.79 Å². The Balaban J connectivity index is 2.16. The van der Waals surface area contributed by atoms with Gasteiger partial charge in [0, 0.05) is 0 Å². The van der Waals surface area contributed by atoms with Gasteiger partial charge in [-0.15, -0.1) is 0 Å². The number of aliphatic carboxylic acids is 1. The molecule has 0 aromatic heterocycles. The highest BCUT2D eigenvalue weighted by Crippen LogP contribution is 2.24. The summed E-state index contributed by atoms with van der Waals surface area (Å²) in [4.78, 5) is 10.8. The van der Waals surface area contributed by atoms with Crippen molar-refractivity contribution < 1.29 is 14.6 Å². The third-order valence-corrected chi connectivity index (χ3v) is 2.79. The lowest BCUT2D eigenvalue weighted by Gasteiger charge is -2.28. The largest absolute Gasteiger partial charge is 0.480 e. The van der Waals surface area contributed by atoms with E-state index in [-0.39, 0.29) is 6.04 Å². The molecule has 86 valence electrons. The van der Waals surface area contributed by atoms with Crippen LogP contribution in [-0.4, -0.2) is 23.7 Å². The summed E-state index contributed by atoms with van der Waals surface area (Å²) in [6.07, 6.45) is 0. The average Bonchev–Trinajstić information content (AvgIpc) is 2.29. The van der Waals surface area contributed by atoms with Gasteiger partial charge in [-0.25, -0.2) is 0 Å². The van der Waals surface area contributed by atoms with E-state index < -0.39 is 12.0 Å². The van der Waals surface area contributed by atoms with Gasteiger partial charge in [0.25, 0.3) is 0 Å². The Hall–Kier alpha value is -1.39. The summed E-state index contributed by atoms with van der Waals surface area (Å²) in [7, 11) is 0. The Morgan fingerprint density at radius 2 is 2.31 bits per heavy atom. The summed E-state index contributed by atoms with van der Waals surface area (Å²) >= 11 is 0. The highest BCUT2D eigenvalue weighted by molar-refractivity contribution is 5.72. The quantitative estimate of drug-likeness (QED) is 0.808. The normalized spacial score (nSPS) is 21.2. The molecule has 4 heteroatoms. The molecule has 0 bridgehead atoms. The molecule has 1 aliphatic heterocycles. The number of carbonyl (C=O) groups is 1. The first-order valence-corrected chi connectivity index (χ1v) is 5.33. The molecular weight excluding hydrogens is 206 g/mol. The van der Waals surface area contributed by atoms with Crippen molar-refractivity contribution in [3.63, 3.8) is 0 Å². The topological polar surface area (TPSA) is 58.6 Å². The number of hydrogen-bond acceptors (Lipinski definition) is 3. The van der Waals surface area contributed by atoms with Crippen molar-refractivity contribution in [3.8, 4) is 0 Å². The van der Waals surface area contributed by atoms with Gasteiger partial charge >= 0.3 is 5.97 Å². The maximum absolute atomic E-state index is 10.8. The minimum absolute atomic E-state index is 0.0314. The smallest absolute Gasteiger partial charge is 0.320 e.